The van der Waals surface area contributed by atoms with Crippen molar-refractivity contribution in [2.24, 2.45) is 5.41 Å². The zero-order chi connectivity index (χ0) is 23.7. The third-order valence-corrected chi connectivity index (χ3v) is 5.24. The number of benzene rings is 1. The number of carboxylic acid groups (broad SMARTS) is 2. The van der Waals surface area contributed by atoms with Crippen LogP contribution in [-0.4, -0.2) is 28.8 Å². The van der Waals surface area contributed by atoms with Crippen molar-refractivity contribution in [1.82, 2.24) is 0 Å². The van der Waals surface area contributed by atoms with Crippen LogP contribution in [0, 0.1) is 5.41 Å². The molecule has 5 nitrogen and oxygen atoms in total. The molecule has 1 aliphatic rings. The molecule has 0 unspecified atom stereocenters. The summed E-state index contributed by atoms with van der Waals surface area (Å²) < 4.78 is 5.65. The number of rotatable bonds is 13. The summed E-state index contributed by atoms with van der Waals surface area (Å²) in [5, 5.41) is 17.5. The van der Waals surface area contributed by atoms with Crippen molar-refractivity contribution in [2.75, 3.05) is 6.61 Å². The van der Waals surface area contributed by atoms with Crippen LogP contribution >= 0.6 is 0 Å². The van der Waals surface area contributed by atoms with E-state index >= 15 is 0 Å². The predicted molar refractivity (Wildman–Crippen MR) is 128 cm³/mol. The summed E-state index contributed by atoms with van der Waals surface area (Å²) in [5.41, 5.74) is 0.309. The molecular weight excluding hydrogens is 404 g/mol. The zero-order valence-electron chi connectivity index (χ0n) is 19.5. The van der Waals surface area contributed by atoms with E-state index in [9.17, 15) is 9.59 Å². The van der Waals surface area contributed by atoms with Crippen LogP contribution in [0.4, 0.5) is 0 Å². The molecule has 1 aliphatic carbocycles. The Morgan fingerprint density at radius 1 is 1.03 bits per heavy atom. The third kappa shape index (κ3) is 11.7. The molecule has 0 aliphatic heterocycles. The van der Waals surface area contributed by atoms with Gasteiger partial charge in [-0.2, -0.15) is 0 Å². The smallest absolute Gasteiger partial charge is 0.331 e. The average molecular weight is 443 g/mol. The number of hydrogen-bond acceptors (Lipinski definition) is 3. The highest BCUT2D eigenvalue weighted by Gasteiger charge is 2.34. The molecule has 2 N–H and O–H groups in total. The first-order valence-corrected chi connectivity index (χ1v) is 11.5. The number of carbonyl (C=O) groups is 2. The van der Waals surface area contributed by atoms with E-state index in [4.69, 9.17) is 14.9 Å². The molecule has 176 valence electrons. The first-order chi connectivity index (χ1) is 15.4. The van der Waals surface area contributed by atoms with E-state index in [2.05, 4.69) is 43.3 Å². The minimum atomic E-state index is -1.08. The Labute approximate surface area is 192 Å². The lowest BCUT2D eigenvalue weighted by molar-refractivity contribution is -0.145. The molecule has 0 heterocycles. The zero-order valence-corrected chi connectivity index (χ0v) is 19.5. The Balaban J connectivity index is 0.000000343. The van der Waals surface area contributed by atoms with Gasteiger partial charge in [0.05, 0.1) is 12.0 Å². The van der Waals surface area contributed by atoms with Crippen LogP contribution in [-0.2, 0) is 20.9 Å². The molecule has 0 saturated heterocycles. The van der Waals surface area contributed by atoms with Gasteiger partial charge in [0, 0.05) is 12.2 Å². The maximum atomic E-state index is 10.8. The lowest BCUT2D eigenvalue weighted by atomic mass is 9.80. The van der Waals surface area contributed by atoms with Crippen molar-refractivity contribution < 1.29 is 24.5 Å². The van der Waals surface area contributed by atoms with Crippen LogP contribution in [0.25, 0.3) is 0 Å². The summed E-state index contributed by atoms with van der Waals surface area (Å²) in [5.74, 6) is -2.06. The quantitative estimate of drug-likeness (QED) is 0.267. The monoisotopic (exact) mass is 442 g/mol. The molecule has 0 spiro atoms. The highest BCUT2D eigenvalue weighted by atomic mass is 16.5. The molecule has 2 rings (SSSR count). The summed E-state index contributed by atoms with van der Waals surface area (Å²) >= 11 is 0. The summed E-state index contributed by atoms with van der Waals surface area (Å²) in [7, 11) is 0. The van der Waals surface area contributed by atoms with Crippen molar-refractivity contribution in [1.29, 1.82) is 0 Å². The Morgan fingerprint density at radius 2 is 1.72 bits per heavy atom. The van der Waals surface area contributed by atoms with E-state index < -0.39 is 17.4 Å². The molecular formula is C27H38O5. The molecule has 1 aromatic rings. The second kappa shape index (κ2) is 16.0. The Bertz CT molecular complexity index is 764. The second-order valence-electron chi connectivity index (χ2n) is 8.26. The standard InChI is InChI=1S/C18H28O.C9H10O4/c1-2-3-4-5-6-7-8-9-13-16-19-17-18-14-11-10-12-15-18;1-9(8(12)13)4-2-3-6(5-9)7(10)11/h7-8,10-12,14-15H,2-6,9,13,16-17H2,1H3;2-4H,5H2,1H3,(H,10,11)(H,12,13)/t;9-/m.1/s1. The van der Waals surface area contributed by atoms with Gasteiger partial charge in [0.2, 0.25) is 0 Å². The second-order valence-corrected chi connectivity index (χ2v) is 8.26. The van der Waals surface area contributed by atoms with Gasteiger partial charge in [-0.3, -0.25) is 4.79 Å². The Kier molecular flexibility index (Phi) is 13.7. The van der Waals surface area contributed by atoms with Gasteiger partial charge in [0.15, 0.2) is 0 Å². The fourth-order valence-corrected chi connectivity index (χ4v) is 3.18. The van der Waals surface area contributed by atoms with Crippen molar-refractivity contribution in [3.05, 3.63) is 71.8 Å². The van der Waals surface area contributed by atoms with E-state index in [-0.39, 0.29) is 12.0 Å². The molecule has 32 heavy (non-hydrogen) atoms. The molecule has 0 saturated carbocycles. The lowest BCUT2D eigenvalue weighted by Gasteiger charge is -2.23. The summed E-state index contributed by atoms with van der Waals surface area (Å²) in [6, 6.07) is 10.4. The van der Waals surface area contributed by atoms with Crippen LogP contribution in [0.1, 0.15) is 70.8 Å². The van der Waals surface area contributed by atoms with Crippen LogP contribution in [0.3, 0.4) is 0 Å². The molecule has 1 aromatic carbocycles. The number of hydrogen-bond donors (Lipinski definition) is 2. The highest BCUT2D eigenvalue weighted by Crippen LogP contribution is 2.31. The Morgan fingerprint density at radius 3 is 2.34 bits per heavy atom. The molecule has 0 bridgehead atoms. The van der Waals surface area contributed by atoms with Gasteiger partial charge in [0.1, 0.15) is 0 Å². The normalized spacial score (nSPS) is 17.5. The predicted octanol–water partition coefficient (Wildman–Crippen LogP) is 6.56. The van der Waals surface area contributed by atoms with E-state index in [0.29, 0.717) is 0 Å². The van der Waals surface area contributed by atoms with Crippen LogP contribution in [0.15, 0.2) is 66.3 Å². The summed E-state index contributed by atoms with van der Waals surface area (Å²) in [6.45, 7) is 5.35. The van der Waals surface area contributed by atoms with Crippen molar-refractivity contribution in [3.63, 3.8) is 0 Å². The number of unbranched alkanes of at least 4 members (excludes halogenated alkanes) is 5. The molecule has 0 radical (unpaired) electrons. The summed E-state index contributed by atoms with van der Waals surface area (Å²) in [6.07, 6.45) is 18.0. The largest absolute Gasteiger partial charge is 0.481 e. The summed E-state index contributed by atoms with van der Waals surface area (Å²) in [4.78, 5) is 21.3. The number of allylic oxidation sites excluding steroid dienone is 4. The first kappa shape index (κ1) is 27.4. The molecule has 0 aromatic heterocycles. The number of ether oxygens (including phenoxy) is 1. The van der Waals surface area contributed by atoms with Gasteiger partial charge in [-0.05, 0) is 44.6 Å². The van der Waals surface area contributed by atoms with Crippen LogP contribution in [0.2, 0.25) is 0 Å². The van der Waals surface area contributed by atoms with Crippen molar-refractivity contribution >= 4 is 11.9 Å². The maximum absolute atomic E-state index is 10.8. The first-order valence-electron chi connectivity index (χ1n) is 11.5. The fourth-order valence-electron chi connectivity index (χ4n) is 3.18. The van der Waals surface area contributed by atoms with E-state index in [1.807, 2.05) is 6.07 Å². The van der Waals surface area contributed by atoms with Gasteiger partial charge < -0.3 is 14.9 Å². The van der Waals surface area contributed by atoms with E-state index in [1.54, 1.807) is 0 Å². The van der Waals surface area contributed by atoms with Gasteiger partial charge in [-0.25, -0.2) is 4.79 Å². The van der Waals surface area contributed by atoms with Gasteiger partial charge >= 0.3 is 11.9 Å². The minimum absolute atomic E-state index is 0.0359. The molecule has 5 heteroatoms. The third-order valence-electron chi connectivity index (χ3n) is 5.24. The van der Waals surface area contributed by atoms with Crippen molar-refractivity contribution in [3.8, 4) is 0 Å². The van der Waals surface area contributed by atoms with E-state index in [0.717, 1.165) is 26.1 Å². The van der Waals surface area contributed by atoms with E-state index in [1.165, 1.54) is 62.8 Å². The Hall–Kier alpha value is -2.66. The average Bonchev–Trinajstić information content (AvgIpc) is 2.78. The highest BCUT2D eigenvalue weighted by molar-refractivity contribution is 5.90. The van der Waals surface area contributed by atoms with Crippen LogP contribution < -0.4 is 0 Å². The van der Waals surface area contributed by atoms with Gasteiger partial charge in [-0.15, -0.1) is 0 Å². The van der Waals surface area contributed by atoms with Crippen LogP contribution in [0.5, 0.6) is 0 Å². The molecule has 0 amide bonds. The molecule has 1 atom stereocenters. The number of carboxylic acids is 2. The topological polar surface area (TPSA) is 83.8 Å². The number of aliphatic carboxylic acids is 2. The van der Waals surface area contributed by atoms with Crippen molar-refractivity contribution in [2.45, 2.75) is 71.8 Å². The fraction of sp³-hybridized carbons (Fsp3) is 0.481. The minimum Gasteiger partial charge on any atom is -0.481 e. The van der Waals surface area contributed by atoms with Gasteiger partial charge in [-0.1, -0.05) is 86.9 Å². The molecule has 0 fully saturated rings. The SMILES string of the molecule is CCCCCCC=CCCCOCc1ccccc1.C[C@@]1(C(=O)O)C=CC=C(C(=O)O)C1. The lowest BCUT2D eigenvalue weighted by Crippen LogP contribution is -2.28. The van der Waals surface area contributed by atoms with Gasteiger partial charge in [0.25, 0.3) is 0 Å². The maximum Gasteiger partial charge on any atom is 0.331 e.